The Morgan fingerprint density at radius 3 is 2.84 bits per heavy atom. The average molecular weight is 279 g/mol. The van der Waals surface area contributed by atoms with Crippen LogP contribution < -0.4 is 11.1 Å². The first kappa shape index (κ1) is 13.5. The molecular weight excluding hydrogens is 265 g/mol. The summed E-state index contributed by atoms with van der Waals surface area (Å²) < 4.78 is 13.3. The third-order valence-electron chi connectivity index (χ3n) is 2.62. The van der Waals surface area contributed by atoms with Crippen LogP contribution in [0, 0.1) is 12.7 Å². The van der Waals surface area contributed by atoms with Gasteiger partial charge in [-0.3, -0.25) is 4.79 Å². The Kier molecular flexibility index (Phi) is 3.80. The molecule has 1 amide bonds. The molecule has 4 nitrogen and oxygen atoms in total. The van der Waals surface area contributed by atoms with E-state index < -0.39 is 5.82 Å². The van der Waals surface area contributed by atoms with Gasteiger partial charge in [0.25, 0.3) is 5.91 Å². The predicted molar refractivity (Wildman–Crippen MR) is 73.5 cm³/mol. The number of nitrogen functional groups attached to an aromatic ring is 1. The summed E-state index contributed by atoms with van der Waals surface area (Å²) in [6, 6.07) is 3.78. The third kappa shape index (κ3) is 3.08. The number of carbonyl (C=O) groups excluding carboxylic acids is 1. The molecule has 3 N–H and O–H groups in total. The second-order valence-corrected chi connectivity index (χ2v) is 5.51. The van der Waals surface area contributed by atoms with Crippen LogP contribution in [-0.4, -0.2) is 10.9 Å². The van der Waals surface area contributed by atoms with Gasteiger partial charge in [-0.05, 0) is 32.0 Å². The van der Waals surface area contributed by atoms with Crippen LogP contribution >= 0.6 is 11.3 Å². The molecule has 1 heterocycles. The Bertz CT molecular complexity index is 612. The van der Waals surface area contributed by atoms with E-state index in [1.807, 2.05) is 13.8 Å². The minimum Gasteiger partial charge on any atom is -0.396 e. The van der Waals surface area contributed by atoms with Crippen molar-refractivity contribution in [3.8, 4) is 0 Å². The topological polar surface area (TPSA) is 68.0 Å². The maximum Gasteiger partial charge on any atom is 0.251 e. The van der Waals surface area contributed by atoms with Gasteiger partial charge in [-0.1, -0.05) is 0 Å². The fourth-order valence-corrected chi connectivity index (χ4v) is 2.36. The molecule has 0 aliphatic carbocycles. The van der Waals surface area contributed by atoms with Crippen molar-refractivity contribution in [1.82, 2.24) is 10.3 Å². The number of anilines is 1. The highest BCUT2D eigenvalue weighted by Crippen LogP contribution is 2.19. The summed E-state index contributed by atoms with van der Waals surface area (Å²) in [6.45, 7) is 3.79. The second kappa shape index (κ2) is 5.36. The number of nitrogens with zero attached hydrogens (tertiary/aromatic N) is 1. The Labute approximate surface area is 114 Å². The zero-order chi connectivity index (χ0) is 14.0. The lowest BCUT2D eigenvalue weighted by Gasteiger charge is -2.11. The second-order valence-electron chi connectivity index (χ2n) is 4.24. The summed E-state index contributed by atoms with van der Waals surface area (Å²) in [4.78, 5) is 17.2. The van der Waals surface area contributed by atoms with Gasteiger partial charge in [-0.2, -0.15) is 0 Å². The lowest BCUT2D eigenvalue weighted by Crippen LogP contribution is -2.26. The Morgan fingerprint density at radius 2 is 2.26 bits per heavy atom. The first-order valence-corrected chi connectivity index (χ1v) is 6.57. The number of amides is 1. The smallest absolute Gasteiger partial charge is 0.251 e. The van der Waals surface area contributed by atoms with Crippen LogP contribution in [-0.2, 0) is 0 Å². The number of thiazole rings is 1. The number of nitrogens with one attached hydrogen (secondary N) is 1. The SMILES string of the molecule is Cc1cnc(C(C)NC(=O)c2ccc(N)c(F)c2)s1. The molecule has 0 aliphatic rings. The van der Waals surface area contributed by atoms with Crippen LogP contribution in [0.1, 0.15) is 33.2 Å². The van der Waals surface area contributed by atoms with E-state index in [4.69, 9.17) is 5.73 Å². The number of halogens is 1. The molecule has 1 aromatic heterocycles. The van der Waals surface area contributed by atoms with Gasteiger partial charge < -0.3 is 11.1 Å². The molecule has 1 atom stereocenters. The molecule has 19 heavy (non-hydrogen) atoms. The van der Waals surface area contributed by atoms with Crippen molar-refractivity contribution in [2.45, 2.75) is 19.9 Å². The molecule has 2 aromatic rings. The van der Waals surface area contributed by atoms with Crippen LogP contribution in [0.15, 0.2) is 24.4 Å². The van der Waals surface area contributed by atoms with E-state index in [0.717, 1.165) is 16.0 Å². The molecule has 100 valence electrons. The van der Waals surface area contributed by atoms with Crippen molar-refractivity contribution in [2.24, 2.45) is 0 Å². The van der Waals surface area contributed by atoms with E-state index in [1.165, 1.54) is 23.5 Å². The van der Waals surface area contributed by atoms with Gasteiger partial charge in [0, 0.05) is 16.6 Å². The van der Waals surface area contributed by atoms with Crippen LogP contribution in [0.3, 0.4) is 0 Å². The quantitative estimate of drug-likeness (QED) is 0.849. The van der Waals surface area contributed by atoms with E-state index >= 15 is 0 Å². The fraction of sp³-hybridized carbons (Fsp3) is 0.231. The third-order valence-corrected chi connectivity index (χ3v) is 3.72. The number of rotatable bonds is 3. The van der Waals surface area contributed by atoms with E-state index in [9.17, 15) is 9.18 Å². The summed E-state index contributed by atoms with van der Waals surface area (Å²) >= 11 is 1.52. The Hall–Kier alpha value is -1.95. The van der Waals surface area contributed by atoms with Gasteiger partial charge in [0.1, 0.15) is 10.8 Å². The van der Waals surface area contributed by atoms with Crippen molar-refractivity contribution in [2.75, 3.05) is 5.73 Å². The summed E-state index contributed by atoms with van der Waals surface area (Å²) in [6.07, 6.45) is 1.76. The van der Waals surface area contributed by atoms with Gasteiger partial charge in [-0.25, -0.2) is 9.37 Å². The number of aryl methyl sites for hydroxylation is 1. The maximum absolute atomic E-state index is 13.3. The van der Waals surface area contributed by atoms with Crippen molar-refractivity contribution in [1.29, 1.82) is 0 Å². The number of hydrogen-bond acceptors (Lipinski definition) is 4. The normalized spacial score (nSPS) is 12.2. The minimum absolute atomic E-state index is 0.0279. The minimum atomic E-state index is -0.592. The largest absolute Gasteiger partial charge is 0.396 e. The van der Waals surface area contributed by atoms with Crippen molar-refractivity contribution in [3.63, 3.8) is 0 Å². The molecular formula is C13H14FN3OS. The van der Waals surface area contributed by atoms with Crippen molar-refractivity contribution < 1.29 is 9.18 Å². The molecule has 0 bridgehead atoms. The van der Waals surface area contributed by atoms with Crippen LogP contribution in [0.5, 0.6) is 0 Å². The number of benzene rings is 1. The monoisotopic (exact) mass is 279 g/mol. The molecule has 0 fully saturated rings. The zero-order valence-electron chi connectivity index (χ0n) is 10.6. The molecule has 6 heteroatoms. The summed E-state index contributed by atoms with van der Waals surface area (Å²) in [7, 11) is 0. The first-order chi connectivity index (χ1) is 8.97. The average Bonchev–Trinajstić information content (AvgIpc) is 2.79. The van der Waals surface area contributed by atoms with E-state index in [0.29, 0.717) is 0 Å². The van der Waals surface area contributed by atoms with E-state index in [1.54, 1.807) is 6.20 Å². The molecule has 1 unspecified atom stereocenters. The van der Waals surface area contributed by atoms with Gasteiger partial charge in [-0.15, -0.1) is 11.3 Å². The standard InChI is InChI=1S/C13H14FN3OS/c1-7-6-16-13(19-7)8(2)17-12(18)9-3-4-11(15)10(14)5-9/h3-6,8H,15H2,1-2H3,(H,17,18). The summed E-state index contributed by atoms with van der Waals surface area (Å²) in [5.74, 6) is -0.940. The molecule has 1 aromatic carbocycles. The molecule has 0 spiro atoms. The molecule has 2 rings (SSSR count). The van der Waals surface area contributed by atoms with Gasteiger partial charge in [0.2, 0.25) is 0 Å². The molecule has 0 saturated carbocycles. The van der Waals surface area contributed by atoms with Crippen LogP contribution in [0.2, 0.25) is 0 Å². The van der Waals surface area contributed by atoms with Crippen molar-refractivity contribution >= 4 is 22.9 Å². The lowest BCUT2D eigenvalue weighted by atomic mass is 10.1. The molecule has 0 saturated heterocycles. The van der Waals surface area contributed by atoms with Crippen LogP contribution in [0.4, 0.5) is 10.1 Å². The summed E-state index contributed by atoms with van der Waals surface area (Å²) in [5.41, 5.74) is 5.64. The number of carbonyl (C=O) groups is 1. The molecule has 0 aliphatic heterocycles. The lowest BCUT2D eigenvalue weighted by molar-refractivity contribution is 0.0939. The Morgan fingerprint density at radius 1 is 1.53 bits per heavy atom. The zero-order valence-corrected chi connectivity index (χ0v) is 11.4. The van der Waals surface area contributed by atoms with Gasteiger partial charge >= 0.3 is 0 Å². The number of hydrogen-bond donors (Lipinski definition) is 2. The molecule has 0 radical (unpaired) electrons. The van der Waals surface area contributed by atoms with Gasteiger partial charge in [0.15, 0.2) is 0 Å². The Balaban J connectivity index is 2.10. The highest BCUT2D eigenvalue weighted by Gasteiger charge is 2.15. The van der Waals surface area contributed by atoms with E-state index in [2.05, 4.69) is 10.3 Å². The summed E-state index contributed by atoms with van der Waals surface area (Å²) in [5, 5.41) is 3.60. The highest BCUT2D eigenvalue weighted by atomic mass is 32.1. The number of aromatic nitrogens is 1. The fourth-order valence-electron chi connectivity index (χ4n) is 1.58. The van der Waals surface area contributed by atoms with Crippen LogP contribution in [0.25, 0.3) is 0 Å². The number of nitrogens with two attached hydrogens (primary N) is 1. The first-order valence-electron chi connectivity index (χ1n) is 5.75. The highest BCUT2D eigenvalue weighted by molar-refractivity contribution is 7.11. The van der Waals surface area contributed by atoms with Crippen molar-refractivity contribution in [3.05, 3.63) is 45.7 Å². The maximum atomic E-state index is 13.3. The predicted octanol–water partition coefficient (Wildman–Crippen LogP) is 2.66. The van der Waals surface area contributed by atoms with Gasteiger partial charge in [0.05, 0.1) is 11.7 Å². The van der Waals surface area contributed by atoms with E-state index in [-0.39, 0.29) is 23.2 Å².